The quantitative estimate of drug-likeness (QED) is 0.624. The molecule has 0 aliphatic rings. The van der Waals surface area contributed by atoms with E-state index in [-0.39, 0.29) is 5.75 Å². The maximum Gasteiger partial charge on any atom is 0.364 e. The Balaban J connectivity index is 2.19. The fourth-order valence-corrected chi connectivity index (χ4v) is 2.77. The maximum absolute atomic E-state index is 9.91. The fraction of sp³-hybridized carbons (Fsp3) is 0.286. The molecular formula is C21H23O4+. The molecule has 1 aromatic heterocycles. The summed E-state index contributed by atoms with van der Waals surface area (Å²) in [7, 11) is 0. The van der Waals surface area contributed by atoms with Gasteiger partial charge in [0.2, 0.25) is 0 Å². The number of hydrogen-bond donors (Lipinski definition) is 1. The lowest BCUT2D eigenvalue weighted by atomic mass is 10.0. The third-order valence-corrected chi connectivity index (χ3v) is 4.19. The molecule has 4 nitrogen and oxygen atoms in total. The molecule has 0 unspecified atom stereocenters. The van der Waals surface area contributed by atoms with E-state index in [0.29, 0.717) is 24.7 Å². The molecule has 1 N–H and O–H groups in total. The van der Waals surface area contributed by atoms with Gasteiger partial charge in [0.25, 0.3) is 0 Å². The van der Waals surface area contributed by atoms with E-state index in [1.165, 1.54) is 5.56 Å². The van der Waals surface area contributed by atoms with Gasteiger partial charge >= 0.3 is 11.3 Å². The summed E-state index contributed by atoms with van der Waals surface area (Å²) in [6.07, 6.45) is 0. The first-order chi connectivity index (χ1) is 12.0. The highest BCUT2D eigenvalue weighted by molar-refractivity contribution is 5.87. The molecule has 2 aromatic carbocycles. The Morgan fingerprint density at radius 3 is 2.28 bits per heavy atom. The van der Waals surface area contributed by atoms with Gasteiger partial charge in [-0.25, -0.2) is 4.42 Å². The van der Waals surface area contributed by atoms with Crippen molar-refractivity contribution in [3.63, 3.8) is 0 Å². The number of phenols is 1. The van der Waals surface area contributed by atoms with Crippen molar-refractivity contribution in [1.82, 2.24) is 0 Å². The Morgan fingerprint density at radius 2 is 1.56 bits per heavy atom. The summed E-state index contributed by atoms with van der Waals surface area (Å²) >= 11 is 0. The zero-order valence-corrected chi connectivity index (χ0v) is 15.1. The molecule has 0 amide bonds. The van der Waals surface area contributed by atoms with Gasteiger partial charge in [-0.05, 0) is 57.0 Å². The Kier molecular flexibility index (Phi) is 4.79. The second kappa shape index (κ2) is 7.01. The van der Waals surface area contributed by atoms with Crippen LogP contribution in [-0.2, 0) is 0 Å². The third kappa shape index (κ3) is 3.38. The van der Waals surface area contributed by atoms with Crippen molar-refractivity contribution in [3.05, 3.63) is 47.5 Å². The van der Waals surface area contributed by atoms with Gasteiger partial charge in [-0.15, -0.1) is 0 Å². The van der Waals surface area contributed by atoms with E-state index in [4.69, 9.17) is 13.9 Å². The molecule has 0 aliphatic heterocycles. The lowest BCUT2D eigenvalue weighted by Gasteiger charge is -2.08. The predicted molar refractivity (Wildman–Crippen MR) is 99.5 cm³/mol. The molecule has 1 heterocycles. The lowest BCUT2D eigenvalue weighted by molar-refractivity contribution is 0.318. The largest absolute Gasteiger partial charge is 0.504 e. The number of rotatable bonds is 5. The van der Waals surface area contributed by atoms with Crippen LogP contribution in [0.3, 0.4) is 0 Å². The van der Waals surface area contributed by atoms with Crippen LogP contribution in [-0.4, -0.2) is 18.3 Å². The summed E-state index contributed by atoms with van der Waals surface area (Å²) in [5.41, 5.74) is 3.95. The third-order valence-electron chi connectivity index (χ3n) is 4.19. The zero-order valence-electron chi connectivity index (χ0n) is 15.1. The van der Waals surface area contributed by atoms with Crippen LogP contribution in [0.2, 0.25) is 0 Å². The molecule has 0 spiro atoms. The van der Waals surface area contributed by atoms with E-state index in [2.05, 4.69) is 19.9 Å². The van der Waals surface area contributed by atoms with Crippen molar-refractivity contribution in [2.45, 2.75) is 27.7 Å². The molecular weight excluding hydrogens is 316 g/mol. The Bertz CT molecular complexity index is 915. The van der Waals surface area contributed by atoms with Crippen LogP contribution in [0.25, 0.3) is 22.3 Å². The average molecular weight is 339 g/mol. The zero-order chi connectivity index (χ0) is 18.0. The fourth-order valence-electron chi connectivity index (χ4n) is 2.77. The molecule has 4 heteroatoms. The van der Waals surface area contributed by atoms with Crippen molar-refractivity contribution in [2.75, 3.05) is 13.2 Å². The molecule has 0 bridgehead atoms. The second-order valence-corrected chi connectivity index (χ2v) is 5.96. The minimum atomic E-state index is 0.114. The van der Waals surface area contributed by atoms with Gasteiger partial charge in [-0.1, -0.05) is 0 Å². The molecule has 0 atom stereocenters. The van der Waals surface area contributed by atoms with Gasteiger partial charge in [0.15, 0.2) is 11.5 Å². The van der Waals surface area contributed by atoms with Gasteiger partial charge in [-0.2, -0.15) is 0 Å². The normalized spacial score (nSPS) is 10.9. The summed E-state index contributed by atoms with van der Waals surface area (Å²) < 4.78 is 17.4. The second-order valence-electron chi connectivity index (χ2n) is 5.96. The van der Waals surface area contributed by atoms with Gasteiger partial charge in [-0.3, -0.25) is 0 Å². The maximum atomic E-state index is 9.91. The minimum Gasteiger partial charge on any atom is -0.504 e. The molecule has 0 saturated carbocycles. The topological polar surface area (TPSA) is 50.0 Å². The van der Waals surface area contributed by atoms with E-state index in [1.54, 1.807) is 18.2 Å². The smallest absolute Gasteiger partial charge is 0.364 e. The van der Waals surface area contributed by atoms with E-state index in [9.17, 15) is 5.11 Å². The van der Waals surface area contributed by atoms with Crippen LogP contribution in [0, 0.1) is 13.8 Å². The van der Waals surface area contributed by atoms with E-state index < -0.39 is 0 Å². The number of benzene rings is 2. The molecule has 0 aliphatic carbocycles. The molecule has 0 fully saturated rings. The Labute approximate surface area is 147 Å². The minimum absolute atomic E-state index is 0.114. The summed E-state index contributed by atoms with van der Waals surface area (Å²) in [5, 5.41) is 10.9. The van der Waals surface area contributed by atoms with Gasteiger partial charge in [0.1, 0.15) is 11.1 Å². The van der Waals surface area contributed by atoms with Crippen molar-refractivity contribution >= 4 is 11.0 Å². The van der Waals surface area contributed by atoms with E-state index in [0.717, 1.165) is 27.8 Å². The number of phenolic OH excluding ortho intramolecular Hbond substituents is 1. The van der Waals surface area contributed by atoms with Gasteiger partial charge in [0.05, 0.1) is 24.8 Å². The molecule has 130 valence electrons. The van der Waals surface area contributed by atoms with Crippen LogP contribution in [0.4, 0.5) is 0 Å². The highest BCUT2D eigenvalue weighted by Gasteiger charge is 2.22. The monoisotopic (exact) mass is 339 g/mol. The molecule has 3 rings (SSSR count). The Hall–Kier alpha value is -2.75. The predicted octanol–water partition coefficient (Wildman–Crippen LogP) is 5.50. The van der Waals surface area contributed by atoms with Crippen LogP contribution in [0.1, 0.15) is 25.0 Å². The first kappa shape index (κ1) is 17.1. The summed E-state index contributed by atoms with van der Waals surface area (Å²) in [6, 6.07) is 11.2. The summed E-state index contributed by atoms with van der Waals surface area (Å²) in [6.45, 7) is 9.03. The van der Waals surface area contributed by atoms with Gasteiger partial charge < -0.3 is 14.6 Å². The van der Waals surface area contributed by atoms with Crippen molar-refractivity contribution in [3.8, 4) is 28.6 Å². The Morgan fingerprint density at radius 1 is 0.880 bits per heavy atom. The van der Waals surface area contributed by atoms with E-state index >= 15 is 0 Å². The molecule has 25 heavy (non-hydrogen) atoms. The number of hydrogen-bond acceptors (Lipinski definition) is 3. The van der Waals surface area contributed by atoms with E-state index in [1.807, 2.05) is 26.0 Å². The van der Waals surface area contributed by atoms with Crippen LogP contribution < -0.4 is 9.47 Å². The lowest BCUT2D eigenvalue weighted by Crippen LogP contribution is -1.95. The van der Waals surface area contributed by atoms with Crippen LogP contribution in [0.5, 0.6) is 17.2 Å². The van der Waals surface area contributed by atoms with Crippen LogP contribution >= 0.6 is 0 Å². The average Bonchev–Trinajstić information content (AvgIpc) is 2.59. The number of ether oxygens (including phenoxy) is 2. The number of aryl methyl sites for hydroxylation is 2. The summed E-state index contributed by atoms with van der Waals surface area (Å²) in [4.78, 5) is 0. The SMILES string of the molecule is CCOc1cc(-c2cc(OCC)c3cc(C)c(C)cc3[o+]2)ccc1O. The first-order valence-corrected chi connectivity index (χ1v) is 8.50. The van der Waals surface area contributed by atoms with Crippen molar-refractivity contribution < 1.29 is 19.0 Å². The number of aromatic hydroxyl groups is 1. The summed E-state index contributed by atoms with van der Waals surface area (Å²) in [5.74, 6) is 2.00. The van der Waals surface area contributed by atoms with Crippen molar-refractivity contribution in [1.29, 1.82) is 0 Å². The first-order valence-electron chi connectivity index (χ1n) is 8.50. The van der Waals surface area contributed by atoms with Crippen LogP contribution in [0.15, 0.2) is 40.8 Å². The molecule has 0 saturated heterocycles. The van der Waals surface area contributed by atoms with Crippen molar-refractivity contribution in [2.24, 2.45) is 0 Å². The van der Waals surface area contributed by atoms with Gasteiger partial charge in [0, 0.05) is 12.1 Å². The molecule has 0 radical (unpaired) electrons. The highest BCUT2D eigenvalue weighted by Crippen LogP contribution is 2.37. The highest BCUT2D eigenvalue weighted by atomic mass is 16.5. The standard InChI is InChI=1S/C21H22O4/c1-5-23-19-12-18(15-7-8-17(22)21(11-15)24-6-2)25-20-10-14(4)13(3)9-16(19)20/h7-12H,5-6H2,1-4H3/p+1. The number of fused-ring (bicyclic) bond motifs is 1. The molecule has 3 aromatic rings.